The Labute approximate surface area is 111 Å². The first-order valence-corrected chi connectivity index (χ1v) is 7.54. The summed E-state index contributed by atoms with van der Waals surface area (Å²) >= 11 is 3.63. The Balaban J connectivity index is 2.42. The van der Waals surface area contributed by atoms with E-state index >= 15 is 0 Å². The molecule has 0 aromatic carbocycles. The van der Waals surface area contributed by atoms with Crippen molar-refractivity contribution in [3.8, 4) is 0 Å². The molecule has 1 atom stereocenters. The fraction of sp³-hybridized carbons (Fsp3) is 0.462. The fourth-order valence-corrected chi connectivity index (χ4v) is 4.10. The van der Waals surface area contributed by atoms with Crippen molar-refractivity contribution >= 4 is 22.7 Å². The topological polar surface area (TPSA) is 24.9 Å². The molecule has 2 nitrogen and oxygen atoms in total. The Kier molecular flexibility index (Phi) is 3.97. The number of thiophene rings is 1. The maximum absolute atomic E-state index is 4.54. The highest BCUT2D eigenvalue weighted by atomic mass is 32.1. The Morgan fingerprint density at radius 2 is 2.06 bits per heavy atom. The van der Waals surface area contributed by atoms with E-state index in [0.29, 0.717) is 6.04 Å². The molecule has 4 heteroatoms. The number of hydrogen-bond donors (Lipinski definition) is 1. The maximum atomic E-state index is 4.54. The van der Waals surface area contributed by atoms with Gasteiger partial charge in [-0.2, -0.15) is 0 Å². The lowest BCUT2D eigenvalue weighted by Gasteiger charge is -2.16. The number of thiazole rings is 1. The lowest BCUT2D eigenvalue weighted by atomic mass is 10.1. The molecule has 1 unspecified atom stereocenters. The van der Waals surface area contributed by atoms with Crippen LogP contribution in [0.1, 0.15) is 39.0 Å². The van der Waals surface area contributed by atoms with Gasteiger partial charge in [0.25, 0.3) is 0 Å². The van der Waals surface area contributed by atoms with E-state index in [4.69, 9.17) is 0 Å². The molecule has 1 N–H and O–H groups in total. The molecule has 0 aliphatic rings. The fourth-order valence-electron chi connectivity index (χ4n) is 2.00. The molecule has 2 heterocycles. The van der Waals surface area contributed by atoms with Crippen LogP contribution in [0.3, 0.4) is 0 Å². The summed E-state index contributed by atoms with van der Waals surface area (Å²) in [7, 11) is 0. The third-order valence-corrected chi connectivity index (χ3v) is 5.00. The van der Waals surface area contributed by atoms with Crippen molar-refractivity contribution in [2.24, 2.45) is 0 Å². The summed E-state index contributed by atoms with van der Waals surface area (Å²) in [5.41, 5.74) is 2.53. The molecule has 2 rings (SSSR count). The number of aryl methyl sites for hydroxylation is 3. The molecule has 92 valence electrons. The Bertz CT molecular complexity index is 499. The minimum atomic E-state index is 0.311. The Morgan fingerprint density at radius 1 is 1.29 bits per heavy atom. The van der Waals surface area contributed by atoms with Gasteiger partial charge in [-0.15, -0.1) is 22.7 Å². The van der Waals surface area contributed by atoms with Crippen molar-refractivity contribution in [1.82, 2.24) is 10.3 Å². The third kappa shape index (κ3) is 2.59. The second-order valence-electron chi connectivity index (χ2n) is 4.14. The van der Waals surface area contributed by atoms with Gasteiger partial charge in [-0.05, 0) is 44.3 Å². The zero-order chi connectivity index (χ0) is 12.4. The van der Waals surface area contributed by atoms with Crippen molar-refractivity contribution in [3.63, 3.8) is 0 Å². The Morgan fingerprint density at radius 3 is 2.53 bits per heavy atom. The number of nitrogens with zero attached hydrogens (tertiary/aromatic N) is 1. The molecule has 0 aliphatic heterocycles. The van der Waals surface area contributed by atoms with Crippen LogP contribution in [0.5, 0.6) is 0 Å². The maximum Gasteiger partial charge on any atom is 0.0900 e. The van der Waals surface area contributed by atoms with E-state index in [1.54, 1.807) is 11.3 Å². The predicted octanol–water partition coefficient (Wildman–Crippen LogP) is 3.83. The van der Waals surface area contributed by atoms with E-state index in [9.17, 15) is 0 Å². The number of hydrogen-bond acceptors (Lipinski definition) is 4. The summed E-state index contributed by atoms with van der Waals surface area (Å²) in [6.45, 7) is 9.48. The minimum Gasteiger partial charge on any atom is -0.305 e. The molecule has 0 fully saturated rings. The van der Waals surface area contributed by atoms with Gasteiger partial charge in [0.05, 0.1) is 16.7 Å². The van der Waals surface area contributed by atoms with Crippen molar-refractivity contribution in [2.75, 3.05) is 6.54 Å². The molecule has 2 aromatic rings. The summed E-state index contributed by atoms with van der Waals surface area (Å²) in [6, 6.07) is 2.50. The highest BCUT2D eigenvalue weighted by molar-refractivity contribution is 7.12. The van der Waals surface area contributed by atoms with E-state index in [1.165, 1.54) is 15.3 Å². The first-order chi connectivity index (χ1) is 8.13. The smallest absolute Gasteiger partial charge is 0.0900 e. The SMILES string of the molecule is CCNC(c1sccc1C)c1sc(C)nc1C. The summed E-state index contributed by atoms with van der Waals surface area (Å²) in [6.07, 6.45) is 0. The highest BCUT2D eigenvalue weighted by Crippen LogP contribution is 2.34. The van der Waals surface area contributed by atoms with Crippen LogP contribution < -0.4 is 5.32 Å². The van der Waals surface area contributed by atoms with Crippen LogP contribution in [0, 0.1) is 20.8 Å². The van der Waals surface area contributed by atoms with Crippen molar-refractivity contribution < 1.29 is 0 Å². The van der Waals surface area contributed by atoms with Gasteiger partial charge in [0.1, 0.15) is 0 Å². The zero-order valence-corrected chi connectivity index (χ0v) is 12.3. The summed E-state index contributed by atoms with van der Waals surface area (Å²) in [5, 5.41) is 6.89. The molecule has 0 radical (unpaired) electrons. The molecule has 0 aliphatic carbocycles. The van der Waals surface area contributed by atoms with Crippen molar-refractivity contribution in [2.45, 2.75) is 33.7 Å². The number of nitrogens with one attached hydrogen (secondary N) is 1. The van der Waals surface area contributed by atoms with Gasteiger partial charge in [0.15, 0.2) is 0 Å². The van der Waals surface area contributed by atoms with Gasteiger partial charge in [-0.1, -0.05) is 6.92 Å². The summed E-state index contributed by atoms with van der Waals surface area (Å²) < 4.78 is 0. The first kappa shape index (κ1) is 12.7. The average Bonchev–Trinajstić information content (AvgIpc) is 2.82. The van der Waals surface area contributed by atoms with Crippen LogP contribution in [0.25, 0.3) is 0 Å². The quantitative estimate of drug-likeness (QED) is 0.909. The van der Waals surface area contributed by atoms with Crippen LogP contribution in [0.15, 0.2) is 11.4 Å². The first-order valence-electron chi connectivity index (χ1n) is 5.84. The van der Waals surface area contributed by atoms with Crippen LogP contribution in [-0.4, -0.2) is 11.5 Å². The van der Waals surface area contributed by atoms with E-state index in [0.717, 1.165) is 17.2 Å². The van der Waals surface area contributed by atoms with Crippen LogP contribution in [0.4, 0.5) is 0 Å². The van der Waals surface area contributed by atoms with Gasteiger partial charge in [-0.25, -0.2) is 4.98 Å². The van der Waals surface area contributed by atoms with Crippen LogP contribution in [0.2, 0.25) is 0 Å². The van der Waals surface area contributed by atoms with E-state index in [1.807, 2.05) is 11.3 Å². The van der Waals surface area contributed by atoms with Gasteiger partial charge < -0.3 is 5.32 Å². The molecule has 0 spiro atoms. The van der Waals surface area contributed by atoms with E-state index < -0.39 is 0 Å². The molecule has 2 aromatic heterocycles. The molecule has 17 heavy (non-hydrogen) atoms. The Hall–Kier alpha value is -0.710. The van der Waals surface area contributed by atoms with Crippen LogP contribution in [-0.2, 0) is 0 Å². The average molecular weight is 266 g/mol. The predicted molar refractivity (Wildman–Crippen MR) is 76.2 cm³/mol. The number of aromatic nitrogens is 1. The van der Waals surface area contributed by atoms with Crippen molar-refractivity contribution in [3.05, 3.63) is 37.5 Å². The second kappa shape index (κ2) is 5.29. The van der Waals surface area contributed by atoms with Gasteiger partial charge >= 0.3 is 0 Å². The normalized spacial score (nSPS) is 12.9. The molecule has 0 saturated carbocycles. The summed E-state index contributed by atoms with van der Waals surface area (Å²) in [4.78, 5) is 7.31. The zero-order valence-electron chi connectivity index (χ0n) is 10.7. The number of rotatable bonds is 4. The third-order valence-electron chi connectivity index (χ3n) is 2.77. The van der Waals surface area contributed by atoms with Crippen LogP contribution >= 0.6 is 22.7 Å². The van der Waals surface area contributed by atoms with Gasteiger partial charge in [0, 0.05) is 9.75 Å². The summed E-state index contributed by atoms with van der Waals surface area (Å²) in [5.74, 6) is 0. The van der Waals surface area contributed by atoms with Gasteiger partial charge in [0.2, 0.25) is 0 Å². The monoisotopic (exact) mass is 266 g/mol. The molecular formula is C13H18N2S2. The standard InChI is InChI=1S/C13H18N2S2/c1-5-14-11(12-8(2)6-7-16-12)13-9(3)15-10(4)17-13/h6-7,11,14H,5H2,1-4H3. The molecule has 0 amide bonds. The minimum absolute atomic E-state index is 0.311. The van der Waals surface area contributed by atoms with E-state index in [2.05, 4.69) is 49.4 Å². The molecule has 0 bridgehead atoms. The molecule has 0 saturated heterocycles. The lowest BCUT2D eigenvalue weighted by Crippen LogP contribution is -2.21. The van der Waals surface area contributed by atoms with Gasteiger partial charge in [-0.3, -0.25) is 0 Å². The second-order valence-corrected chi connectivity index (χ2v) is 6.32. The highest BCUT2D eigenvalue weighted by Gasteiger charge is 2.21. The van der Waals surface area contributed by atoms with E-state index in [-0.39, 0.29) is 0 Å². The largest absolute Gasteiger partial charge is 0.305 e. The lowest BCUT2D eigenvalue weighted by molar-refractivity contribution is 0.642. The molecular weight excluding hydrogens is 248 g/mol. The van der Waals surface area contributed by atoms with Crippen molar-refractivity contribution in [1.29, 1.82) is 0 Å².